The van der Waals surface area contributed by atoms with E-state index in [2.05, 4.69) is 46.7 Å². The van der Waals surface area contributed by atoms with Crippen molar-refractivity contribution in [3.8, 4) is 5.75 Å². The third-order valence-corrected chi connectivity index (χ3v) is 6.03. The Morgan fingerprint density at radius 3 is 2.71 bits per heavy atom. The molecule has 1 aliphatic rings. The normalized spacial score (nSPS) is 15.2. The lowest BCUT2D eigenvalue weighted by Crippen LogP contribution is -2.34. The molecule has 0 radical (unpaired) electrons. The number of benzene rings is 1. The predicted molar refractivity (Wildman–Crippen MR) is 116 cm³/mol. The van der Waals surface area contributed by atoms with Gasteiger partial charge in [0.2, 0.25) is 0 Å². The average Bonchev–Trinajstić information content (AvgIpc) is 3.38. The fourth-order valence-electron chi connectivity index (χ4n) is 4.46. The molecule has 0 bridgehead atoms. The molecule has 0 spiro atoms. The van der Waals surface area contributed by atoms with Gasteiger partial charge in [-0.05, 0) is 25.3 Å². The highest BCUT2D eigenvalue weighted by atomic mass is 16.3. The van der Waals surface area contributed by atoms with Crippen LogP contribution >= 0.6 is 0 Å². The second-order valence-corrected chi connectivity index (χ2v) is 8.45. The third-order valence-electron chi connectivity index (χ3n) is 6.03. The summed E-state index contributed by atoms with van der Waals surface area (Å²) >= 11 is 0. The molecular weight excluding hydrogens is 394 g/mol. The number of carbonyl (C=O) groups excluding carboxylic acids is 1. The first-order valence-electron chi connectivity index (χ1n) is 10.5. The van der Waals surface area contributed by atoms with Crippen LogP contribution < -0.4 is 10.7 Å². The number of amides is 1. The number of hydrogen-bond acceptors (Lipinski definition) is 5. The van der Waals surface area contributed by atoms with E-state index >= 15 is 0 Å². The number of aryl methyl sites for hydroxylation is 2. The van der Waals surface area contributed by atoms with Crippen LogP contribution in [0.3, 0.4) is 0 Å². The van der Waals surface area contributed by atoms with E-state index in [9.17, 15) is 14.7 Å². The molecule has 4 rings (SSSR count). The first-order valence-corrected chi connectivity index (χ1v) is 10.5. The molecule has 0 saturated heterocycles. The van der Waals surface area contributed by atoms with E-state index in [4.69, 9.17) is 0 Å². The van der Waals surface area contributed by atoms with Crippen LogP contribution in [-0.2, 0) is 25.6 Å². The molecule has 162 valence electrons. The molecule has 31 heavy (non-hydrogen) atoms. The molecule has 1 amide bonds. The molecule has 1 aromatic carbocycles. The van der Waals surface area contributed by atoms with E-state index in [0.29, 0.717) is 6.54 Å². The molecule has 0 unspecified atom stereocenters. The first-order chi connectivity index (χ1) is 14.9. The molecule has 1 saturated carbocycles. The predicted octanol–water partition coefficient (Wildman–Crippen LogP) is 2.43. The van der Waals surface area contributed by atoms with Gasteiger partial charge in [-0.2, -0.15) is 10.2 Å². The van der Waals surface area contributed by atoms with E-state index in [1.54, 1.807) is 28.8 Å². The molecule has 1 fully saturated rings. The lowest BCUT2D eigenvalue weighted by molar-refractivity contribution is 0.0940. The maximum Gasteiger partial charge on any atom is 0.276 e. The lowest BCUT2D eigenvalue weighted by Gasteiger charge is -2.30. The van der Waals surface area contributed by atoms with Crippen molar-refractivity contribution in [2.75, 3.05) is 0 Å². The van der Waals surface area contributed by atoms with E-state index in [-0.39, 0.29) is 17.7 Å². The Kier molecular flexibility index (Phi) is 5.63. The van der Waals surface area contributed by atoms with Crippen LogP contribution in [0.1, 0.15) is 52.9 Å². The van der Waals surface area contributed by atoms with Crippen LogP contribution in [0.4, 0.5) is 0 Å². The summed E-state index contributed by atoms with van der Waals surface area (Å²) in [4.78, 5) is 25.1. The zero-order valence-electron chi connectivity index (χ0n) is 17.8. The van der Waals surface area contributed by atoms with Gasteiger partial charge in [0.05, 0.1) is 18.9 Å². The van der Waals surface area contributed by atoms with Crippen molar-refractivity contribution >= 4 is 5.91 Å². The maximum absolute atomic E-state index is 12.7. The van der Waals surface area contributed by atoms with Gasteiger partial charge in [0, 0.05) is 30.8 Å². The SMILES string of the molecule is Cc1cccc(C2(Cn3cc(O)c(=O)c(C(=O)NCc4cnn(C)c4)n3)CCCC2)c1. The van der Waals surface area contributed by atoms with Crippen molar-refractivity contribution in [1.29, 1.82) is 0 Å². The molecule has 8 heteroatoms. The Bertz CT molecular complexity index is 1160. The van der Waals surface area contributed by atoms with Gasteiger partial charge < -0.3 is 10.4 Å². The minimum atomic E-state index is -0.768. The van der Waals surface area contributed by atoms with Gasteiger partial charge in [-0.15, -0.1) is 0 Å². The van der Waals surface area contributed by atoms with Crippen molar-refractivity contribution in [2.45, 2.75) is 51.1 Å². The Balaban J connectivity index is 1.61. The van der Waals surface area contributed by atoms with Crippen molar-refractivity contribution in [1.82, 2.24) is 24.9 Å². The van der Waals surface area contributed by atoms with Gasteiger partial charge in [-0.1, -0.05) is 42.7 Å². The fourth-order valence-corrected chi connectivity index (χ4v) is 4.46. The summed E-state index contributed by atoms with van der Waals surface area (Å²) in [6, 6.07) is 8.44. The zero-order valence-corrected chi connectivity index (χ0v) is 17.8. The molecule has 2 aromatic heterocycles. The van der Waals surface area contributed by atoms with Crippen LogP contribution in [0.15, 0.2) is 47.7 Å². The summed E-state index contributed by atoms with van der Waals surface area (Å²) < 4.78 is 3.18. The summed E-state index contributed by atoms with van der Waals surface area (Å²) in [5.41, 5.74) is 2.02. The van der Waals surface area contributed by atoms with E-state index in [1.807, 2.05) is 0 Å². The van der Waals surface area contributed by atoms with Crippen LogP contribution in [0.5, 0.6) is 5.75 Å². The molecule has 1 aliphatic carbocycles. The fraction of sp³-hybridized carbons (Fsp3) is 0.391. The highest BCUT2D eigenvalue weighted by Gasteiger charge is 2.36. The van der Waals surface area contributed by atoms with E-state index in [0.717, 1.165) is 31.2 Å². The quantitative estimate of drug-likeness (QED) is 0.636. The van der Waals surface area contributed by atoms with Gasteiger partial charge >= 0.3 is 0 Å². The number of nitrogens with one attached hydrogen (secondary N) is 1. The maximum atomic E-state index is 12.7. The summed E-state index contributed by atoms with van der Waals surface area (Å²) in [6.45, 7) is 2.78. The second kappa shape index (κ2) is 8.37. The monoisotopic (exact) mass is 421 g/mol. The van der Waals surface area contributed by atoms with Crippen LogP contribution in [-0.4, -0.2) is 30.6 Å². The van der Waals surface area contributed by atoms with Crippen LogP contribution in [0.2, 0.25) is 0 Å². The molecule has 2 N–H and O–H groups in total. The Morgan fingerprint density at radius 2 is 2.03 bits per heavy atom. The van der Waals surface area contributed by atoms with Gasteiger partial charge in [0.25, 0.3) is 11.3 Å². The number of carbonyl (C=O) groups is 1. The van der Waals surface area contributed by atoms with Crippen molar-refractivity contribution in [3.05, 3.63) is 75.5 Å². The first kappa shape index (κ1) is 20.8. The van der Waals surface area contributed by atoms with Crippen molar-refractivity contribution < 1.29 is 9.90 Å². The summed E-state index contributed by atoms with van der Waals surface area (Å²) in [7, 11) is 1.79. The largest absolute Gasteiger partial charge is 0.503 e. The van der Waals surface area contributed by atoms with Gasteiger partial charge in [-0.25, -0.2) is 0 Å². The smallest absolute Gasteiger partial charge is 0.276 e. The van der Waals surface area contributed by atoms with Crippen LogP contribution in [0.25, 0.3) is 0 Å². The highest BCUT2D eigenvalue weighted by Crippen LogP contribution is 2.42. The van der Waals surface area contributed by atoms with Gasteiger partial charge in [-0.3, -0.25) is 19.0 Å². The summed E-state index contributed by atoms with van der Waals surface area (Å²) in [5.74, 6) is -1.09. The molecule has 8 nitrogen and oxygen atoms in total. The lowest BCUT2D eigenvalue weighted by atomic mass is 9.78. The number of hydrogen-bond donors (Lipinski definition) is 2. The summed E-state index contributed by atoms with van der Waals surface area (Å²) in [5, 5.41) is 21.3. The topological polar surface area (TPSA) is 102 Å². The van der Waals surface area contributed by atoms with Gasteiger partial charge in [0.15, 0.2) is 11.4 Å². The van der Waals surface area contributed by atoms with E-state index < -0.39 is 17.1 Å². The second-order valence-electron chi connectivity index (χ2n) is 8.45. The number of rotatable bonds is 6. The number of nitrogens with zero attached hydrogens (tertiary/aromatic N) is 4. The minimum absolute atomic E-state index is 0.135. The standard InChI is InChI=1S/C23H27N5O3/c1-16-6-5-7-18(10-16)23(8-3-4-9-23)15-28-14-19(29)21(30)20(26-28)22(31)24-11-17-12-25-27(2)13-17/h5-7,10,12-14,29H,3-4,8-9,11,15H2,1-2H3,(H,24,31). The van der Waals surface area contributed by atoms with Crippen LogP contribution in [0, 0.1) is 6.92 Å². The highest BCUT2D eigenvalue weighted by molar-refractivity contribution is 5.92. The zero-order chi connectivity index (χ0) is 22.0. The third kappa shape index (κ3) is 4.38. The average molecular weight is 422 g/mol. The number of aromatic hydroxyl groups is 1. The molecular formula is C23H27N5O3. The Labute approximate surface area is 180 Å². The molecule has 0 aliphatic heterocycles. The number of aromatic nitrogens is 4. The molecule has 3 aromatic rings. The minimum Gasteiger partial charge on any atom is -0.503 e. The van der Waals surface area contributed by atoms with Crippen molar-refractivity contribution in [2.24, 2.45) is 7.05 Å². The molecule has 2 heterocycles. The Morgan fingerprint density at radius 1 is 1.26 bits per heavy atom. The summed E-state index contributed by atoms with van der Waals surface area (Å²) in [6.07, 6.45) is 8.95. The Hall–Kier alpha value is -3.42. The van der Waals surface area contributed by atoms with Crippen molar-refractivity contribution in [3.63, 3.8) is 0 Å². The molecule has 0 atom stereocenters. The van der Waals surface area contributed by atoms with E-state index in [1.165, 1.54) is 17.3 Å². The van der Waals surface area contributed by atoms with Gasteiger partial charge in [0.1, 0.15) is 0 Å².